The average Bonchev–Trinajstić information content (AvgIpc) is 1.35. The predicted molar refractivity (Wildman–Crippen MR) is 34.7 cm³/mol. The van der Waals surface area contributed by atoms with E-state index in [9.17, 15) is 0 Å². The lowest BCUT2D eigenvalue weighted by molar-refractivity contribution is 1.74. The van der Waals surface area contributed by atoms with Gasteiger partial charge in [-0.25, -0.2) is 0 Å². The van der Waals surface area contributed by atoms with E-state index >= 15 is 0 Å². The molecule has 0 aliphatic heterocycles. The smallest absolute Gasteiger partial charge is 0.171 e. The summed E-state index contributed by atoms with van der Waals surface area (Å²) in [7, 11) is -0.979. The Bertz CT molecular complexity index is 37.3. The summed E-state index contributed by atoms with van der Waals surface area (Å²) in [5, 5.41) is 0. The monoisotopic (exact) mass is 182 g/mol. The molecule has 0 aromatic heterocycles. The van der Waals surface area contributed by atoms with Gasteiger partial charge in [0.05, 0.1) is 0 Å². The molecule has 0 radical (unpaired) electrons. The van der Waals surface area contributed by atoms with Crippen molar-refractivity contribution in [3.63, 3.8) is 0 Å². The summed E-state index contributed by atoms with van der Waals surface area (Å²) in [6.45, 7) is 0. The minimum atomic E-state index is -1.14. The predicted octanol–water partition coefficient (Wildman–Crippen LogP) is 1.64. The Hall–Kier alpha value is 1.38. The minimum absolute atomic E-state index is 0.979. The van der Waals surface area contributed by atoms with Crippen molar-refractivity contribution >= 4 is 54.7 Å². The number of alkyl halides is 3. The van der Waals surface area contributed by atoms with Crippen LogP contribution < -0.4 is 0 Å². The molecule has 0 saturated heterocycles. The number of hydrogen-bond donors (Lipinski definition) is 0. The summed E-state index contributed by atoms with van der Waals surface area (Å²) in [6, 6.07) is 0. The molecule has 0 bridgehead atoms. The molecule has 0 spiro atoms. The molecule has 0 N–H and O–H groups in total. The van der Waals surface area contributed by atoms with Gasteiger partial charge in [-0.15, -0.1) is 0 Å². The van der Waals surface area contributed by atoms with Gasteiger partial charge in [0.2, 0.25) is 0 Å². The highest BCUT2D eigenvalue weighted by Gasteiger charge is 2.17. The lowest BCUT2D eigenvalue weighted by Crippen LogP contribution is -2.06. The van der Waals surface area contributed by atoms with Gasteiger partial charge in [-0.2, -0.15) is 11.1 Å². The SMILES string of the molecule is Cl[SiH2]C(Cl)(Cl)Cl. The number of rotatable bonds is 0. The molecule has 5 heteroatoms. The maximum atomic E-state index is 5.22. The van der Waals surface area contributed by atoms with Crippen LogP contribution in [-0.2, 0) is 0 Å². The van der Waals surface area contributed by atoms with Crippen LogP contribution in [0.2, 0.25) is 0 Å². The summed E-state index contributed by atoms with van der Waals surface area (Å²) < 4.78 is -1.14. The van der Waals surface area contributed by atoms with Crippen LogP contribution in [0, 0.1) is 0 Å². The van der Waals surface area contributed by atoms with E-state index in [0.29, 0.717) is 0 Å². The highest BCUT2D eigenvalue weighted by atomic mass is 35.6. The van der Waals surface area contributed by atoms with Gasteiger partial charge < -0.3 is 0 Å². The molecule has 0 aromatic carbocycles. The normalized spacial score (nSPS) is 14.0. The second-order valence-corrected chi connectivity index (χ2v) is 6.74. The molecule has 0 aromatic rings. The summed E-state index contributed by atoms with van der Waals surface area (Å²) >= 11 is 20.8. The Morgan fingerprint density at radius 3 is 1.33 bits per heavy atom. The quantitative estimate of drug-likeness (QED) is 0.305. The fraction of sp³-hybridized carbons (Fsp3) is 1.00. The first-order valence-electron chi connectivity index (χ1n) is 1.19. The van der Waals surface area contributed by atoms with Crippen LogP contribution in [0.25, 0.3) is 0 Å². The van der Waals surface area contributed by atoms with Crippen molar-refractivity contribution in [3.05, 3.63) is 0 Å². The Kier molecular flexibility index (Phi) is 3.23. The van der Waals surface area contributed by atoms with E-state index in [1.54, 1.807) is 0 Å². The molecule has 0 aliphatic rings. The zero-order valence-corrected chi connectivity index (χ0v) is 7.16. The number of halogens is 4. The highest BCUT2D eigenvalue weighted by Crippen LogP contribution is 2.24. The Balaban J connectivity index is 3.17. The van der Waals surface area contributed by atoms with Crippen molar-refractivity contribution in [2.45, 2.75) is 3.42 Å². The topological polar surface area (TPSA) is 0 Å². The first-order chi connectivity index (χ1) is 2.56. The summed E-state index contributed by atoms with van der Waals surface area (Å²) in [6.07, 6.45) is 0. The van der Waals surface area contributed by atoms with Crippen LogP contribution in [0.1, 0.15) is 0 Å². The van der Waals surface area contributed by atoms with E-state index in [0.717, 1.165) is 0 Å². The van der Waals surface area contributed by atoms with Gasteiger partial charge in [-0.1, -0.05) is 34.8 Å². The standard InChI is InChI=1S/CH2Cl4Si/c2-1(3,4)6-5/h6H2. The Morgan fingerprint density at radius 1 is 1.17 bits per heavy atom. The maximum Gasteiger partial charge on any atom is 0.186 e. The minimum Gasteiger partial charge on any atom is -0.171 e. The van der Waals surface area contributed by atoms with Crippen LogP contribution in [0.15, 0.2) is 0 Å². The molecule has 0 atom stereocenters. The van der Waals surface area contributed by atoms with Gasteiger partial charge >= 0.3 is 0 Å². The van der Waals surface area contributed by atoms with E-state index in [2.05, 4.69) is 0 Å². The first kappa shape index (κ1) is 7.38. The largest absolute Gasteiger partial charge is 0.186 e. The lowest BCUT2D eigenvalue weighted by atomic mass is 11.8. The molecule has 0 rings (SSSR count). The Morgan fingerprint density at radius 2 is 1.33 bits per heavy atom. The van der Waals surface area contributed by atoms with Gasteiger partial charge in [-0.3, -0.25) is 0 Å². The molecule has 0 nitrogen and oxygen atoms in total. The van der Waals surface area contributed by atoms with Crippen molar-refractivity contribution in [2.75, 3.05) is 0 Å². The van der Waals surface area contributed by atoms with Gasteiger partial charge in [0.25, 0.3) is 0 Å². The van der Waals surface area contributed by atoms with Gasteiger partial charge in [0.15, 0.2) is 12.2 Å². The zero-order chi connectivity index (χ0) is 5.21. The third kappa shape index (κ3) is 5.38. The molecule has 0 unspecified atom stereocenters. The molecular weight excluding hydrogens is 182 g/mol. The van der Waals surface area contributed by atoms with Gasteiger partial charge in [-0.05, 0) is 0 Å². The third-order valence-electron chi connectivity index (χ3n) is 0.152. The van der Waals surface area contributed by atoms with Crippen molar-refractivity contribution in [3.8, 4) is 0 Å². The Labute approximate surface area is 58.2 Å². The molecule has 0 fully saturated rings. The molecule has 38 valence electrons. The van der Waals surface area contributed by atoms with Crippen molar-refractivity contribution in [1.82, 2.24) is 0 Å². The lowest BCUT2D eigenvalue weighted by Gasteiger charge is -2.00. The zero-order valence-electron chi connectivity index (χ0n) is 2.72. The molecule has 0 aliphatic carbocycles. The second-order valence-electron chi connectivity index (χ2n) is 0.749. The molecule has 6 heavy (non-hydrogen) atoms. The van der Waals surface area contributed by atoms with E-state index in [1.165, 1.54) is 0 Å². The fourth-order valence-corrected chi connectivity index (χ4v) is 0. The van der Waals surface area contributed by atoms with Crippen molar-refractivity contribution < 1.29 is 0 Å². The van der Waals surface area contributed by atoms with Crippen molar-refractivity contribution in [2.24, 2.45) is 0 Å². The average molecular weight is 184 g/mol. The summed E-state index contributed by atoms with van der Waals surface area (Å²) in [5.41, 5.74) is 0. The second kappa shape index (κ2) is 2.63. The third-order valence-corrected chi connectivity index (χ3v) is 4.09. The molecular formula is CH2Cl4Si. The van der Waals surface area contributed by atoms with Gasteiger partial charge in [0, 0.05) is 0 Å². The van der Waals surface area contributed by atoms with Crippen LogP contribution in [0.3, 0.4) is 0 Å². The molecule has 0 heterocycles. The number of hydrogen-bond acceptors (Lipinski definition) is 0. The van der Waals surface area contributed by atoms with Gasteiger partial charge in [0.1, 0.15) is 0 Å². The van der Waals surface area contributed by atoms with Crippen molar-refractivity contribution in [1.29, 1.82) is 0 Å². The van der Waals surface area contributed by atoms with E-state index in [1.807, 2.05) is 0 Å². The highest BCUT2D eigenvalue weighted by molar-refractivity contribution is 7.09. The van der Waals surface area contributed by atoms with Crippen LogP contribution in [-0.4, -0.2) is 12.2 Å². The summed E-state index contributed by atoms with van der Waals surface area (Å²) in [5.74, 6) is 0. The van der Waals surface area contributed by atoms with Crippen LogP contribution in [0.5, 0.6) is 0 Å². The van der Waals surface area contributed by atoms with Crippen LogP contribution >= 0.6 is 45.9 Å². The fourth-order valence-electron chi connectivity index (χ4n) is 0. The van der Waals surface area contributed by atoms with Crippen LogP contribution in [0.4, 0.5) is 0 Å². The van der Waals surface area contributed by atoms with E-state index in [-0.39, 0.29) is 0 Å². The maximum absolute atomic E-state index is 5.22. The van der Waals surface area contributed by atoms with E-state index in [4.69, 9.17) is 45.9 Å². The first-order valence-corrected chi connectivity index (χ1v) is 5.17. The van der Waals surface area contributed by atoms with E-state index < -0.39 is 12.2 Å². The molecule has 0 amide bonds. The summed E-state index contributed by atoms with van der Waals surface area (Å²) in [4.78, 5) is 0. The molecule has 0 saturated carbocycles.